The average molecular weight is 1470 g/mol. The molecule has 0 saturated carbocycles. The van der Waals surface area contributed by atoms with Crippen LogP contribution >= 0.6 is 15.6 Å². The van der Waals surface area contributed by atoms with Crippen molar-refractivity contribution in [1.82, 2.24) is 0 Å². The van der Waals surface area contributed by atoms with Gasteiger partial charge in [-0.05, 0) is 25.7 Å². The SMILES string of the molecule is CCCCCCCCCCCCCCCCCCCCC(=O)O[C@H](COC(=O)CCCCCCCCCCCCCCCCCC)COP(=O)(O)OC[C@@H](O)COP(=O)(O)OC[C@@H](COC(=O)CCCCCCCCCCCCC)OC(=O)CCCCCCCCCCCCCCCCC. The van der Waals surface area contributed by atoms with Crippen LogP contribution in [0.3, 0.4) is 0 Å². The van der Waals surface area contributed by atoms with Gasteiger partial charge in [0.05, 0.1) is 26.4 Å². The van der Waals surface area contributed by atoms with Gasteiger partial charge in [0.1, 0.15) is 19.3 Å². The predicted octanol–water partition coefficient (Wildman–Crippen LogP) is 24.6. The monoisotopic (exact) mass is 1470 g/mol. The van der Waals surface area contributed by atoms with Gasteiger partial charge in [0.15, 0.2) is 12.2 Å². The number of esters is 4. The Hall–Kier alpha value is -1.94. The van der Waals surface area contributed by atoms with Crippen LogP contribution in [0.5, 0.6) is 0 Å². The lowest BCUT2D eigenvalue weighted by molar-refractivity contribution is -0.161. The van der Waals surface area contributed by atoms with E-state index in [4.69, 9.17) is 37.0 Å². The molecule has 0 aliphatic rings. The second-order valence-electron chi connectivity index (χ2n) is 29.2. The zero-order valence-corrected chi connectivity index (χ0v) is 67.0. The van der Waals surface area contributed by atoms with E-state index in [9.17, 15) is 43.2 Å². The minimum atomic E-state index is -4.96. The molecule has 19 heteroatoms. The van der Waals surface area contributed by atoms with Crippen molar-refractivity contribution in [2.45, 2.75) is 457 Å². The van der Waals surface area contributed by atoms with Crippen molar-refractivity contribution >= 4 is 39.5 Å². The molecule has 0 aromatic carbocycles. The lowest BCUT2D eigenvalue weighted by Crippen LogP contribution is -2.30. The van der Waals surface area contributed by atoms with Crippen molar-refractivity contribution in [3.63, 3.8) is 0 Å². The van der Waals surface area contributed by atoms with Gasteiger partial charge >= 0.3 is 39.5 Å². The Morgan fingerprint density at radius 1 is 0.240 bits per heavy atom. The van der Waals surface area contributed by atoms with Crippen LogP contribution in [0.1, 0.15) is 439 Å². The van der Waals surface area contributed by atoms with Gasteiger partial charge in [-0.3, -0.25) is 37.3 Å². The van der Waals surface area contributed by atoms with E-state index in [2.05, 4.69) is 27.7 Å². The van der Waals surface area contributed by atoms with Crippen LogP contribution in [-0.2, 0) is 65.4 Å². The second kappa shape index (κ2) is 75.3. The van der Waals surface area contributed by atoms with Gasteiger partial charge in [-0.1, -0.05) is 387 Å². The van der Waals surface area contributed by atoms with Gasteiger partial charge in [0.25, 0.3) is 0 Å². The van der Waals surface area contributed by atoms with Gasteiger partial charge in [0, 0.05) is 25.7 Å². The number of rotatable bonds is 82. The van der Waals surface area contributed by atoms with Crippen LogP contribution in [0.4, 0.5) is 0 Å². The van der Waals surface area contributed by atoms with E-state index in [1.54, 1.807) is 0 Å². The number of hydrogen-bond donors (Lipinski definition) is 3. The Morgan fingerprint density at radius 2 is 0.400 bits per heavy atom. The van der Waals surface area contributed by atoms with Crippen molar-refractivity contribution in [2.24, 2.45) is 0 Å². The maximum absolute atomic E-state index is 13.1. The summed E-state index contributed by atoms with van der Waals surface area (Å²) in [5.74, 6) is -2.10. The van der Waals surface area contributed by atoms with Crippen LogP contribution in [0.2, 0.25) is 0 Å². The molecule has 0 rings (SSSR count). The smallest absolute Gasteiger partial charge is 0.462 e. The first-order valence-electron chi connectivity index (χ1n) is 42.3. The van der Waals surface area contributed by atoms with Crippen molar-refractivity contribution in [1.29, 1.82) is 0 Å². The number of aliphatic hydroxyl groups excluding tert-OH is 1. The molecule has 17 nitrogen and oxygen atoms in total. The van der Waals surface area contributed by atoms with Gasteiger partial charge in [-0.2, -0.15) is 0 Å². The summed E-state index contributed by atoms with van der Waals surface area (Å²) >= 11 is 0. The molecule has 0 spiro atoms. The fourth-order valence-corrected chi connectivity index (χ4v) is 14.2. The summed E-state index contributed by atoms with van der Waals surface area (Å²) in [5, 5.41) is 10.6. The molecule has 0 amide bonds. The normalized spacial score (nSPS) is 13.8. The standard InChI is InChI=1S/C81H158O17P2/c1-5-9-13-17-21-25-29-32-35-37-38-41-44-48-52-56-60-64-68-81(86)98-77(72-92-79(84)66-62-58-54-50-46-42-40-36-33-30-26-22-18-14-10-6-2)74-96-100(89,90)94-70-75(82)69-93-99(87,88)95-73-76(71-91-78(83)65-61-57-53-49-45-28-24-20-16-12-8-4)97-80(85)67-63-59-55-51-47-43-39-34-31-27-23-19-15-11-7-3/h75-77,82H,5-74H2,1-4H3,(H,87,88)(H,89,90)/t75-,76+,77+/m0/s1. The zero-order chi connectivity index (χ0) is 73.2. The highest BCUT2D eigenvalue weighted by atomic mass is 31.2. The molecule has 0 fully saturated rings. The predicted molar refractivity (Wildman–Crippen MR) is 409 cm³/mol. The summed E-state index contributed by atoms with van der Waals surface area (Å²) in [6.07, 6.45) is 67.8. The summed E-state index contributed by atoms with van der Waals surface area (Å²) < 4.78 is 68.8. The Labute approximate surface area is 613 Å². The molecule has 0 bridgehead atoms. The van der Waals surface area contributed by atoms with E-state index in [0.717, 1.165) is 89.9 Å². The number of ether oxygens (including phenoxy) is 4. The highest BCUT2D eigenvalue weighted by Crippen LogP contribution is 2.45. The van der Waals surface area contributed by atoms with Gasteiger partial charge in [-0.15, -0.1) is 0 Å². The van der Waals surface area contributed by atoms with E-state index in [0.29, 0.717) is 25.7 Å². The van der Waals surface area contributed by atoms with E-state index >= 15 is 0 Å². The lowest BCUT2D eigenvalue weighted by Gasteiger charge is -2.21. The molecule has 594 valence electrons. The molecule has 100 heavy (non-hydrogen) atoms. The molecule has 0 radical (unpaired) electrons. The molecule has 0 aliphatic heterocycles. The first-order chi connectivity index (χ1) is 48.7. The summed E-state index contributed by atoms with van der Waals surface area (Å²) in [7, 11) is -9.92. The fourth-order valence-electron chi connectivity index (χ4n) is 12.6. The lowest BCUT2D eigenvalue weighted by atomic mass is 10.0. The average Bonchev–Trinajstić information content (AvgIpc) is 0.977. The first-order valence-corrected chi connectivity index (χ1v) is 45.3. The Balaban J connectivity index is 5.25. The number of carbonyl (C=O) groups excluding carboxylic acids is 4. The second-order valence-corrected chi connectivity index (χ2v) is 32.1. The number of phosphoric acid groups is 2. The van der Waals surface area contributed by atoms with Crippen LogP contribution < -0.4 is 0 Å². The first kappa shape index (κ1) is 98.1. The molecule has 2 unspecified atom stereocenters. The van der Waals surface area contributed by atoms with E-state index in [-0.39, 0.29) is 25.7 Å². The molecule has 3 N–H and O–H groups in total. The summed E-state index contributed by atoms with van der Waals surface area (Å²) in [5.41, 5.74) is 0. The van der Waals surface area contributed by atoms with Gasteiger partial charge in [0.2, 0.25) is 0 Å². The third kappa shape index (κ3) is 74.3. The molecular weight excluding hydrogens is 1310 g/mol. The minimum Gasteiger partial charge on any atom is -0.462 e. The highest BCUT2D eigenvalue weighted by Gasteiger charge is 2.30. The molecule has 0 heterocycles. The topological polar surface area (TPSA) is 237 Å². The van der Waals surface area contributed by atoms with Crippen LogP contribution in [0.15, 0.2) is 0 Å². The van der Waals surface area contributed by atoms with Crippen molar-refractivity contribution in [3.8, 4) is 0 Å². The van der Waals surface area contributed by atoms with Gasteiger partial charge in [-0.25, -0.2) is 9.13 Å². The molecule has 0 aromatic rings. The molecule has 0 aromatic heterocycles. The maximum atomic E-state index is 13.1. The van der Waals surface area contributed by atoms with Crippen molar-refractivity contribution in [3.05, 3.63) is 0 Å². The number of carbonyl (C=O) groups is 4. The fraction of sp³-hybridized carbons (Fsp3) is 0.951. The van der Waals surface area contributed by atoms with E-state index in [1.807, 2.05) is 0 Å². The summed E-state index contributed by atoms with van der Waals surface area (Å²) in [6.45, 7) is 5.03. The van der Waals surface area contributed by atoms with Gasteiger partial charge < -0.3 is 33.8 Å². The maximum Gasteiger partial charge on any atom is 0.472 e. The van der Waals surface area contributed by atoms with Crippen molar-refractivity contribution in [2.75, 3.05) is 39.6 Å². The molecular formula is C81H158O17P2. The summed E-state index contributed by atoms with van der Waals surface area (Å²) in [4.78, 5) is 73.0. The third-order valence-electron chi connectivity index (χ3n) is 19.1. The van der Waals surface area contributed by atoms with Crippen LogP contribution in [0, 0.1) is 0 Å². The zero-order valence-electron chi connectivity index (χ0n) is 65.2. The Kier molecular flexibility index (Phi) is 73.8. The quantitative estimate of drug-likeness (QED) is 0.0222. The van der Waals surface area contributed by atoms with E-state index < -0.39 is 97.5 Å². The highest BCUT2D eigenvalue weighted by molar-refractivity contribution is 7.47. The Morgan fingerprint density at radius 3 is 0.590 bits per heavy atom. The van der Waals surface area contributed by atoms with Crippen LogP contribution in [0.25, 0.3) is 0 Å². The van der Waals surface area contributed by atoms with Crippen LogP contribution in [-0.4, -0.2) is 96.7 Å². The largest absolute Gasteiger partial charge is 0.472 e. The summed E-state index contributed by atoms with van der Waals surface area (Å²) in [6, 6.07) is 0. The minimum absolute atomic E-state index is 0.109. The molecule has 0 aliphatic carbocycles. The van der Waals surface area contributed by atoms with E-state index in [1.165, 1.54) is 270 Å². The Bertz CT molecular complexity index is 1890. The van der Waals surface area contributed by atoms with Crippen molar-refractivity contribution < 1.29 is 80.2 Å². The molecule has 0 saturated heterocycles. The molecule has 5 atom stereocenters. The number of phosphoric ester groups is 2. The number of aliphatic hydroxyl groups is 1. The third-order valence-corrected chi connectivity index (χ3v) is 21.0. The number of unbranched alkanes of at least 4 members (excludes halogenated alkanes) is 56. The number of hydrogen-bond acceptors (Lipinski definition) is 15.